The number of rotatable bonds is 6. The summed E-state index contributed by atoms with van der Waals surface area (Å²) in [6.45, 7) is 0.213. The second-order valence-electron chi connectivity index (χ2n) is 5.31. The van der Waals surface area contributed by atoms with Gasteiger partial charge in [-0.15, -0.1) is 0 Å². The van der Waals surface area contributed by atoms with Crippen molar-refractivity contribution in [3.63, 3.8) is 0 Å². The first-order valence-corrected chi connectivity index (χ1v) is 9.34. The second kappa shape index (κ2) is 7.48. The zero-order valence-electron chi connectivity index (χ0n) is 13.5. The summed E-state index contributed by atoms with van der Waals surface area (Å²) in [5.41, 5.74) is 0.868. The van der Waals surface area contributed by atoms with Crippen molar-refractivity contribution in [3.05, 3.63) is 90.5 Å². The Morgan fingerprint density at radius 2 is 1.25 bits per heavy atom. The van der Waals surface area contributed by atoms with Crippen molar-refractivity contribution in [2.45, 2.75) is 6.61 Å². The zero-order chi connectivity index (χ0) is 16.8. The van der Waals surface area contributed by atoms with Gasteiger partial charge in [0.15, 0.2) is 0 Å². The molecule has 0 spiro atoms. The van der Waals surface area contributed by atoms with Crippen LogP contribution in [0.3, 0.4) is 0 Å². The molecule has 3 nitrogen and oxygen atoms in total. The molecule has 0 aromatic heterocycles. The Morgan fingerprint density at radius 1 is 0.750 bits per heavy atom. The van der Waals surface area contributed by atoms with E-state index in [0.29, 0.717) is 10.6 Å². The lowest BCUT2D eigenvalue weighted by molar-refractivity contribution is 0.306. The van der Waals surface area contributed by atoms with Crippen LogP contribution in [0.4, 0.5) is 0 Å². The molecule has 0 saturated carbocycles. The molecule has 0 atom stereocenters. The molecule has 0 amide bonds. The van der Waals surface area contributed by atoms with Crippen molar-refractivity contribution < 1.29 is 13.8 Å². The number of methoxy groups -OCH3 is 1. The Kier molecular flexibility index (Phi) is 5.14. The summed E-state index contributed by atoms with van der Waals surface area (Å²) in [7, 11) is -1.56. The predicted molar refractivity (Wildman–Crippen MR) is 97.5 cm³/mol. The molecule has 0 fully saturated rings. The van der Waals surface area contributed by atoms with Crippen LogP contribution in [0.1, 0.15) is 5.56 Å². The first-order chi connectivity index (χ1) is 11.7. The molecule has 0 radical (unpaired) electrons. The molecule has 3 aromatic rings. The van der Waals surface area contributed by atoms with E-state index in [-0.39, 0.29) is 6.61 Å². The van der Waals surface area contributed by atoms with Gasteiger partial charge >= 0.3 is 0 Å². The lowest BCUT2D eigenvalue weighted by atomic mass is 10.2. The van der Waals surface area contributed by atoms with E-state index in [0.717, 1.165) is 11.3 Å². The number of para-hydroxylation sites is 1. The quantitative estimate of drug-likeness (QED) is 0.634. The highest BCUT2D eigenvalue weighted by Gasteiger charge is 2.28. The van der Waals surface area contributed by atoms with Crippen molar-refractivity contribution in [3.8, 4) is 5.75 Å². The first-order valence-electron chi connectivity index (χ1n) is 7.72. The monoisotopic (exact) mass is 338 g/mol. The third kappa shape index (κ3) is 3.43. The van der Waals surface area contributed by atoms with Crippen LogP contribution < -0.4 is 15.3 Å². The van der Waals surface area contributed by atoms with Gasteiger partial charge in [-0.05, 0) is 30.3 Å². The largest absolute Gasteiger partial charge is 0.496 e. The van der Waals surface area contributed by atoms with Crippen molar-refractivity contribution in [2.24, 2.45) is 0 Å². The van der Waals surface area contributed by atoms with Crippen molar-refractivity contribution in [1.82, 2.24) is 0 Å². The molecule has 0 saturated heterocycles. The highest BCUT2D eigenvalue weighted by molar-refractivity contribution is 7.74. The molecule has 3 aromatic carbocycles. The van der Waals surface area contributed by atoms with Gasteiger partial charge in [-0.1, -0.05) is 54.6 Å². The molecule has 0 N–H and O–H groups in total. The summed E-state index contributed by atoms with van der Waals surface area (Å²) in [6, 6.07) is 26.3. The molecule has 0 aliphatic heterocycles. The van der Waals surface area contributed by atoms with E-state index in [1.165, 1.54) is 0 Å². The third-order valence-electron chi connectivity index (χ3n) is 3.79. The fraction of sp³-hybridized carbons (Fsp3) is 0.100. The first kappa shape index (κ1) is 16.5. The van der Waals surface area contributed by atoms with Gasteiger partial charge in [0.2, 0.25) is 0 Å². The molecule has 4 heteroatoms. The van der Waals surface area contributed by atoms with Gasteiger partial charge < -0.3 is 9.26 Å². The Morgan fingerprint density at radius 3 is 1.79 bits per heavy atom. The number of benzene rings is 3. The Hall–Kier alpha value is -2.35. The standard InChI is InChI=1S/C20H19O3P/c1-22-20-15-9-8-10-17(20)16-23-24(21,18-11-4-2-5-12-18)19-13-6-3-7-14-19/h2-15H,16H2,1H3. The molecule has 122 valence electrons. The van der Waals surface area contributed by atoms with Gasteiger partial charge in [-0.3, -0.25) is 4.57 Å². The number of ether oxygens (including phenoxy) is 1. The summed E-state index contributed by atoms with van der Waals surface area (Å²) in [6.07, 6.45) is 0. The summed E-state index contributed by atoms with van der Waals surface area (Å²) in [5, 5.41) is 1.37. The zero-order valence-corrected chi connectivity index (χ0v) is 14.4. The van der Waals surface area contributed by atoms with Gasteiger partial charge in [-0.2, -0.15) is 0 Å². The Bertz CT molecular complexity index is 788. The van der Waals surface area contributed by atoms with Gasteiger partial charge in [0.05, 0.1) is 13.7 Å². The minimum absolute atomic E-state index is 0.213. The van der Waals surface area contributed by atoms with Crippen LogP contribution in [-0.4, -0.2) is 7.11 Å². The molecule has 0 heterocycles. The lowest BCUT2D eigenvalue weighted by Gasteiger charge is -2.20. The fourth-order valence-corrected chi connectivity index (χ4v) is 4.58. The van der Waals surface area contributed by atoms with E-state index in [1.807, 2.05) is 84.9 Å². The van der Waals surface area contributed by atoms with Crippen molar-refractivity contribution in [1.29, 1.82) is 0 Å². The van der Waals surface area contributed by atoms with E-state index >= 15 is 0 Å². The fourth-order valence-electron chi connectivity index (χ4n) is 2.53. The highest BCUT2D eigenvalue weighted by Crippen LogP contribution is 2.45. The maximum atomic E-state index is 13.7. The second-order valence-corrected chi connectivity index (χ2v) is 7.70. The third-order valence-corrected chi connectivity index (χ3v) is 6.24. The lowest BCUT2D eigenvalue weighted by Crippen LogP contribution is -2.18. The highest BCUT2D eigenvalue weighted by atomic mass is 31.2. The van der Waals surface area contributed by atoms with Crippen LogP contribution in [0.2, 0.25) is 0 Å². The molecule has 3 rings (SSSR count). The van der Waals surface area contributed by atoms with Crippen molar-refractivity contribution in [2.75, 3.05) is 7.11 Å². The predicted octanol–water partition coefficient (Wildman–Crippen LogP) is 4.14. The van der Waals surface area contributed by atoms with Crippen LogP contribution in [0.5, 0.6) is 5.75 Å². The Balaban J connectivity index is 1.96. The summed E-state index contributed by atoms with van der Waals surface area (Å²) >= 11 is 0. The molecule has 0 unspecified atom stereocenters. The molecule has 0 aliphatic carbocycles. The number of hydrogen-bond acceptors (Lipinski definition) is 3. The minimum atomic E-state index is -3.18. The van der Waals surface area contributed by atoms with Crippen LogP contribution in [0.15, 0.2) is 84.9 Å². The van der Waals surface area contributed by atoms with Gasteiger partial charge in [0, 0.05) is 16.2 Å². The minimum Gasteiger partial charge on any atom is -0.496 e. The summed E-state index contributed by atoms with van der Waals surface area (Å²) in [4.78, 5) is 0. The van der Waals surface area contributed by atoms with Crippen LogP contribution in [-0.2, 0) is 15.7 Å². The molecular weight excluding hydrogens is 319 g/mol. The van der Waals surface area contributed by atoms with E-state index in [1.54, 1.807) is 7.11 Å². The maximum absolute atomic E-state index is 13.7. The van der Waals surface area contributed by atoms with E-state index in [9.17, 15) is 4.57 Å². The van der Waals surface area contributed by atoms with Crippen LogP contribution >= 0.6 is 7.37 Å². The van der Waals surface area contributed by atoms with Gasteiger partial charge in [0.1, 0.15) is 5.75 Å². The maximum Gasteiger partial charge on any atom is 0.261 e. The van der Waals surface area contributed by atoms with E-state index in [2.05, 4.69) is 0 Å². The molecule has 0 bridgehead atoms. The van der Waals surface area contributed by atoms with Gasteiger partial charge in [-0.25, -0.2) is 0 Å². The summed E-state index contributed by atoms with van der Waals surface area (Å²) in [5.74, 6) is 0.727. The van der Waals surface area contributed by atoms with E-state index < -0.39 is 7.37 Å². The van der Waals surface area contributed by atoms with Crippen molar-refractivity contribution >= 4 is 18.0 Å². The average molecular weight is 338 g/mol. The summed E-state index contributed by atoms with van der Waals surface area (Å²) < 4.78 is 25.1. The molecular formula is C20H19O3P. The van der Waals surface area contributed by atoms with Crippen LogP contribution in [0.25, 0.3) is 0 Å². The smallest absolute Gasteiger partial charge is 0.261 e. The van der Waals surface area contributed by atoms with Gasteiger partial charge in [0.25, 0.3) is 7.37 Å². The van der Waals surface area contributed by atoms with Crippen LogP contribution in [0, 0.1) is 0 Å². The topological polar surface area (TPSA) is 35.5 Å². The van der Waals surface area contributed by atoms with E-state index in [4.69, 9.17) is 9.26 Å². The average Bonchev–Trinajstić information content (AvgIpc) is 2.67. The molecule has 0 aliphatic rings. The SMILES string of the molecule is COc1ccccc1COP(=O)(c1ccccc1)c1ccccc1. The normalized spacial score (nSPS) is 11.2. The Labute approximate surface area is 142 Å². The number of hydrogen-bond donors (Lipinski definition) is 0. The molecule has 24 heavy (non-hydrogen) atoms.